The van der Waals surface area contributed by atoms with Gasteiger partial charge in [0, 0.05) is 23.3 Å². The highest BCUT2D eigenvalue weighted by Gasteiger charge is 2.44. The number of hydrogen-bond acceptors (Lipinski definition) is 4. The second-order valence-corrected chi connectivity index (χ2v) is 7.55. The molecule has 1 spiro atoms. The summed E-state index contributed by atoms with van der Waals surface area (Å²) in [5, 5.41) is 0. The molecule has 1 aromatic rings. The van der Waals surface area contributed by atoms with E-state index in [2.05, 4.69) is 36.6 Å². The van der Waals surface area contributed by atoms with Gasteiger partial charge in [0.2, 0.25) is 0 Å². The van der Waals surface area contributed by atoms with Crippen molar-refractivity contribution in [2.75, 3.05) is 12.4 Å². The normalized spacial score (nSPS) is 25.5. The van der Waals surface area contributed by atoms with Gasteiger partial charge in [-0.25, -0.2) is 0 Å². The van der Waals surface area contributed by atoms with Crippen LogP contribution < -0.4 is 11.3 Å². The first kappa shape index (κ1) is 15.3. The molecule has 0 bridgehead atoms. The predicted molar refractivity (Wildman–Crippen MR) is 88.3 cm³/mol. The fourth-order valence-corrected chi connectivity index (χ4v) is 4.74. The fourth-order valence-electron chi connectivity index (χ4n) is 3.55. The van der Waals surface area contributed by atoms with Gasteiger partial charge in [0.15, 0.2) is 0 Å². The van der Waals surface area contributed by atoms with Crippen LogP contribution in [-0.4, -0.2) is 24.0 Å². The number of aryl methyl sites for hydroxylation is 1. The van der Waals surface area contributed by atoms with E-state index in [0.29, 0.717) is 12.0 Å². The van der Waals surface area contributed by atoms with Crippen LogP contribution in [0.2, 0.25) is 0 Å². The Morgan fingerprint density at radius 3 is 2.90 bits per heavy atom. The van der Waals surface area contributed by atoms with E-state index in [1.807, 2.05) is 11.8 Å². The first-order valence-corrected chi connectivity index (χ1v) is 8.99. The minimum atomic E-state index is 0.200. The Morgan fingerprint density at radius 1 is 1.43 bits per heavy atom. The second kappa shape index (κ2) is 6.69. The molecule has 2 atom stereocenters. The minimum Gasteiger partial charge on any atom is -0.375 e. The van der Waals surface area contributed by atoms with E-state index in [9.17, 15) is 0 Å². The molecule has 0 aromatic heterocycles. The van der Waals surface area contributed by atoms with Gasteiger partial charge >= 0.3 is 0 Å². The molecule has 4 heteroatoms. The van der Waals surface area contributed by atoms with Crippen LogP contribution in [-0.2, 0) is 4.74 Å². The van der Waals surface area contributed by atoms with Gasteiger partial charge in [-0.1, -0.05) is 18.2 Å². The van der Waals surface area contributed by atoms with Crippen molar-refractivity contribution < 1.29 is 4.74 Å². The van der Waals surface area contributed by atoms with E-state index in [0.717, 1.165) is 18.8 Å². The summed E-state index contributed by atoms with van der Waals surface area (Å²) >= 11 is 1.92. The van der Waals surface area contributed by atoms with Crippen molar-refractivity contribution in [3.8, 4) is 0 Å². The Balaban J connectivity index is 1.58. The molecular formula is C17H26N2OS. The second-order valence-electron chi connectivity index (χ2n) is 6.49. The van der Waals surface area contributed by atoms with Gasteiger partial charge < -0.3 is 4.74 Å². The van der Waals surface area contributed by atoms with E-state index in [1.54, 1.807) is 0 Å². The maximum absolute atomic E-state index is 6.03. The van der Waals surface area contributed by atoms with E-state index in [4.69, 9.17) is 10.6 Å². The Hall–Kier alpha value is -0.550. The van der Waals surface area contributed by atoms with E-state index >= 15 is 0 Å². The lowest BCUT2D eigenvalue weighted by Crippen LogP contribution is -2.52. The Kier molecular flexibility index (Phi) is 4.89. The van der Waals surface area contributed by atoms with E-state index in [-0.39, 0.29) is 5.60 Å². The monoisotopic (exact) mass is 306 g/mol. The molecule has 2 aliphatic rings. The van der Waals surface area contributed by atoms with Crippen molar-refractivity contribution in [2.45, 2.75) is 55.6 Å². The van der Waals surface area contributed by atoms with Crippen LogP contribution >= 0.6 is 11.8 Å². The van der Waals surface area contributed by atoms with Gasteiger partial charge in [0.05, 0.1) is 5.60 Å². The summed E-state index contributed by atoms with van der Waals surface area (Å²) in [5.41, 5.74) is 4.62. The summed E-state index contributed by atoms with van der Waals surface area (Å²) in [6.07, 6.45) is 6.12. The molecule has 1 saturated heterocycles. The third-order valence-electron chi connectivity index (χ3n) is 5.09. The number of thioether (sulfide) groups is 1. The molecule has 0 radical (unpaired) electrons. The predicted octanol–water partition coefficient (Wildman–Crippen LogP) is 3.27. The van der Waals surface area contributed by atoms with Crippen LogP contribution in [0.25, 0.3) is 0 Å². The number of nitrogens with one attached hydrogen (secondary N) is 1. The number of nitrogens with two attached hydrogens (primary N) is 1. The quantitative estimate of drug-likeness (QED) is 0.498. The lowest BCUT2D eigenvalue weighted by atomic mass is 9.70. The largest absolute Gasteiger partial charge is 0.375 e. The van der Waals surface area contributed by atoms with Crippen molar-refractivity contribution in [3.63, 3.8) is 0 Å². The SMILES string of the molecule is Cc1ccccc1SCC(NN)C1CCOC2(CCC2)C1. The fraction of sp³-hybridized carbons (Fsp3) is 0.647. The van der Waals surface area contributed by atoms with Gasteiger partial charge in [-0.3, -0.25) is 11.3 Å². The molecule has 1 aromatic carbocycles. The molecule has 1 aliphatic heterocycles. The number of hydrogen-bond donors (Lipinski definition) is 2. The van der Waals surface area contributed by atoms with Crippen LogP contribution in [0.4, 0.5) is 0 Å². The average Bonchev–Trinajstić information content (AvgIpc) is 2.48. The zero-order chi connectivity index (χ0) is 14.7. The highest BCUT2D eigenvalue weighted by atomic mass is 32.2. The summed E-state index contributed by atoms with van der Waals surface area (Å²) in [4.78, 5) is 1.36. The molecule has 21 heavy (non-hydrogen) atoms. The molecule has 116 valence electrons. The zero-order valence-electron chi connectivity index (χ0n) is 12.8. The molecule has 1 saturated carbocycles. The van der Waals surface area contributed by atoms with Crippen molar-refractivity contribution in [3.05, 3.63) is 29.8 Å². The van der Waals surface area contributed by atoms with Gasteiger partial charge in [0.25, 0.3) is 0 Å². The van der Waals surface area contributed by atoms with E-state index < -0.39 is 0 Å². The lowest BCUT2D eigenvalue weighted by molar-refractivity contribution is -0.146. The standard InChI is InChI=1S/C17H26N2OS/c1-13-5-2-3-6-16(13)21-12-15(19-18)14-7-10-20-17(11-14)8-4-9-17/h2-3,5-6,14-15,19H,4,7-12,18H2,1H3. The first-order valence-electron chi connectivity index (χ1n) is 8.01. The van der Waals surface area contributed by atoms with Crippen molar-refractivity contribution in [2.24, 2.45) is 11.8 Å². The van der Waals surface area contributed by atoms with Gasteiger partial charge in [-0.2, -0.15) is 0 Å². The van der Waals surface area contributed by atoms with Crippen molar-refractivity contribution >= 4 is 11.8 Å². The molecule has 2 fully saturated rings. The van der Waals surface area contributed by atoms with Crippen LogP contribution in [0.15, 0.2) is 29.2 Å². The number of benzene rings is 1. The van der Waals surface area contributed by atoms with Crippen LogP contribution in [0.3, 0.4) is 0 Å². The van der Waals surface area contributed by atoms with Crippen molar-refractivity contribution in [1.82, 2.24) is 5.43 Å². The third kappa shape index (κ3) is 3.45. The molecule has 2 unspecified atom stereocenters. The molecule has 3 rings (SSSR count). The van der Waals surface area contributed by atoms with Crippen LogP contribution in [0, 0.1) is 12.8 Å². The average molecular weight is 306 g/mol. The summed E-state index contributed by atoms with van der Waals surface area (Å²) in [6.45, 7) is 3.07. The molecule has 3 N–H and O–H groups in total. The third-order valence-corrected chi connectivity index (χ3v) is 6.39. The van der Waals surface area contributed by atoms with Crippen molar-refractivity contribution in [1.29, 1.82) is 0 Å². The maximum atomic E-state index is 6.03. The molecule has 0 amide bonds. The molecule has 1 heterocycles. The highest BCUT2D eigenvalue weighted by Crippen LogP contribution is 2.45. The summed E-state index contributed by atoms with van der Waals surface area (Å²) < 4.78 is 6.03. The topological polar surface area (TPSA) is 47.3 Å². The van der Waals surface area contributed by atoms with Crippen LogP contribution in [0.1, 0.15) is 37.7 Å². The minimum absolute atomic E-state index is 0.200. The number of rotatable bonds is 5. The van der Waals surface area contributed by atoms with E-state index in [1.165, 1.54) is 36.1 Å². The van der Waals surface area contributed by atoms with Gasteiger partial charge in [-0.05, 0) is 56.6 Å². The smallest absolute Gasteiger partial charge is 0.0685 e. The first-order chi connectivity index (χ1) is 10.2. The molecule has 3 nitrogen and oxygen atoms in total. The zero-order valence-corrected chi connectivity index (χ0v) is 13.6. The molecular weight excluding hydrogens is 280 g/mol. The van der Waals surface area contributed by atoms with Gasteiger partial charge in [0.1, 0.15) is 0 Å². The highest BCUT2D eigenvalue weighted by molar-refractivity contribution is 7.99. The summed E-state index contributed by atoms with van der Waals surface area (Å²) in [7, 11) is 0. The Morgan fingerprint density at radius 2 is 2.24 bits per heavy atom. The summed E-state index contributed by atoms with van der Waals surface area (Å²) in [5.74, 6) is 7.52. The Bertz CT molecular complexity index is 476. The Labute approximate surface area is 132 Å². The molecule has 1 aliphatic carbocycles. The lowest BCUT2D eigenvalue weighted by Gasteiger charge is -2.48. The number of hydrazine groups is 1. The van der Waals surface area contributed by atoms with Crippen LogP contribution in [0.5, 0.6) is 0 Å². The maximum Gasteiger partial charge on any atom is 0.0685 e. The number of ether oxygens (including phenoxy) is 1. The summed E-state index contributed by atoms with van der Waals surface area (Å²) in [6, 6.07) is 8.95. The van der Waals surface area contributed by atoms with Gasteiger partial charge in [-0.15, -0.1) is 11.8 Å².